The molecular formula is C17H23N5O2. The summed E-state index contributed by atoms with van der Waals surface area (Å²) in [6.45, 7) is 3.92. The van der Waals surface area contributed by atoms with E-state index in [0.717, 1.165) is 37.5 Å². The van der Waals surface area contributed by atoms with Crippen molar-refractivity contribution in [2.75, 3.05) is 24.5 Å². The van der Waals surface area contributed by atoms with Gasteiger partial charge in [0, 0.05) is 25.3 Å². The molecule has 3 rings (SSSR count). The molecule has 0 aromatic carbocycles. The second-order valence-electron chi connectivity index (χ2n) is 6.01. The van der Waals surface area contributed by atoms with Crippen molar-refractivity contribution in [2.24, 2.45) is 0 Å². The van der Waals surface area contributed by atoms with Gasteiger partial charge in [-0.2, -0.15) is 5.10 Å². The Morgan fingerprint density at radius 2 is 2.38 bits per heavy atom. The van der Waals surface area contributed by atoms with Crippen LogP contribution in [0.4, 0.5) is 5.82 Å². The molecule has 1 amide bonds. The van der Waals surface area contributed by atoms with Crippen molar-refractivity contribution >= 4 is 11.7 Å². The second-order valence-corrected chi connectivity index (χ2v) is 6.01. The molecule has 24 heavy (non-hydrogen) atoms. The molecule has 1 saturated heterocycles. The number of anilines is 1. The number of nitrogens with one attached hydrogen (secondary N) is 2. The predicted octanol–water partition coefficient (Wildman–Crippen LogP) is 1.51. The minimum Gasteiger partial charge on any atom is -0.467 e. The van der Waals surface area contributed by atoms with Crippen molar-refractivity contribution in [1.82, 2.24) is 20.8 Å². The number of rotatable bonds is 7. The summed E-state index contributed by atoms with van der Waals surface area (Å²) in [4.78, 5) is 14.3. The lowest BCUT2D eigenvalue weighted by atomic mass is 10.2. The van der Waals surface area contributed by atoms with E-state index in [1.807, 2.05) is 31.2 Å². The van der Waals surface area contributed by atoms with Crippen molar-refractivity contribution in [3.8, 4) is 0 Å². The first-order chi connectivity index (χ1) is 11.7. The van der Waals surface area contributed by atoms with Gasteiger partial charge in [-0.05, 0) is 44.0 Å². The van der Waals surface area contributed by atoms with Crippen molar-refractivity contribution in [1.29, 1.82) is 0 Å². The van der Waals surface area contributed by atoms with E-state index < -0.39 is 0 Å². The van der Waals surface area contributed by atoms with E-state index in [1.165, 1.54) is 0 Å². The average Bonchev–Trinajstić information content (AvgIpc) is 3.27. The molecule has 0 aliphatic carbocycles. The van der Waals surface area contributed by atoms with Crippen LogP contribution in [-0.2, 0) is 4.79 Å². The Labute approximate surface area is 141 Å². The molecule has 3 heterocycles. The first-order valence-corrected chi connectivity index (χ1v) is 8.32. The van der Waals surface area contributed by atoms with Crippen molar-refractivity contribution < 1.29 is 9.21 Å². The van der Waals surface area contributed by atoms with E-state index >= 15 is 0 Å². The number of furan rings is 1. The van der Waals surface area contributed by atoms with E-state index in [0.29, 0.717) is 6.04 Å². The SMILES string of the molecule is C[C@@H](NC(=O)CNC[C@H]1CCCN1c1cccnn1)c1ccco1. The van der Waals surface area contributed by atoms with E-state index in [9.17, 15) is 4.79 Å². The Morgan fingerprint density at radius 3 is 3.12 bits per heavy atom. The lowest BCUT2D eigenvalue weighted by Crippen LogP contribution is -2.42. The monoisotopic (exact) mass is 329 g/mol. The third-order valence-corrected chi connectivity index (χ3v) is 4.24. The summed E-state index contributed by atoms with van der Waals surface area (Å²) in [5, 5.41) is 14.3. The summed E-state index contributed by atoms with van der Waals surface area (Å²) >= 11 is 0. The van der Waals surface area contributed by atoms with Gasteiger partial charge in [0.1, 0.15) is 5.76 Å². The molecule has 0 spiro atoms. The topological polar surface area (TPSA) is 83.3 Å². The molecule has 7 heteroatoms. The minimum absolute atomic E-state index is 0.0389. The molecule has 0 bridgehead atoms. The normalized spacial score (nSPS) is 18.5. The van der Waals surface area contributed by atoms with Gasteiger partial charge >= 0.3 is 0 Å². The fourth-order valence-corrected chi connectivity index (χ4v) is 3.05. The Balaban J connectivity index is 1.43. The van der Waals surface area contributed by atoms with Crippen LogP contribution in [0.3, 0.4) is 0 Å². The first kappa shape index (κ1) is 16.4. The second kappa shape index (κ2) is 7.92. The number of aromatic nitrogens is 2. The Bertz CT molecular complexity index is 632. The van der Waals surface area contributed by atoms with Gasteiger partial charge in [-0.1, -0.05) is 0 Å². The third kappa shape index (κ3) is 4.11. The summed E-state index contributed by atoms with van der Waals surface area (Å²) < 4.78 is 5.29. The zero-order valence-electron chi connectivity index (χ0n) is 13.8. The predicted molar refractivity (Wildman–Crippen MR) is 90.5 cm³/mol. The van der Waals surface area contributed by atoms with E-state index in [-0.39, 0.29) is 18.5 Å². The molecular weight excluding hydrogens is 306 g/mol. The molecule has 1 fully saturated rings. The minimum atomic E-state index is -0.128. The van der Waals surface area contributed by atoms with Crippen LogP contribution >= 0.6 is 0 Å². The molecule has 1 aliphatic rings. The van der Waals surface area contributed by atoms with E-state index in [2.05, 4.69) is 25.7 Å². The van der Waals surface area contributed by atoms with Crippen molar-refractivity contribution in [3.63, 3.8) is 0 Å². The molecule has 0 radical (unpaired) electrons. The molecule has 1 aliphatic heterocycles. The average molecular weight is 329 g/mol. The zero-order valence-corrected chi connectivity index (χ0v) is 13.8. The van der Waals surface area contributed by atoms with Gasteiger partial charge in [-0.3, -0.25) is 4.79 Å². The number of hydrogen-bond donors (Lipinski definition) is 2. The summed E-state index contributed by atoms with van der Waals surface area (Å²) in [6.07, 6.45) is 5.51. The van der Waals surface area contributed by atoms with Gasteiger partial charge in [0.15, 0.2) is 5.82 Å². The molecule has 128 valence electrons. The molecule has 0 saturated carbocycles. The molecule has 2 aromatic rings. The number of carbonyl (C=O) groups excluding carboxylic acids is 1. The van der Waals surface area contributed by atoms with Gasteiger partial charge < -0.3 is 20.0 Å². The highest BCUT2D eigenvalue weighted by Gasteiger charge is 2.25. The van der Waals surface area contributed by atoms with Crippen LogP contribution in [0.25, 0.3) is 0 Å². The van der Waals surface area contributed by atoms with Crippen molar-refractivity contribution in [3.05, 3.63) is 42.5 Å². The highest BCUT2D eigenvalue weighted by molar-refractivity contribution is 5.78. The quantitative estimate of drug-likeness (QED) is 0.801. The van der Waals surface area contributed by atoms with Crippen LogP contribution in [0.15, 0.2) is 41.1 Å². The Kier molecular flexibility index (Phi) is 5.43. The zero-order chi connectivity index (χ0) is 16.8. The highest BCUT2D eigenvalue weighted by atomic mass is 16.3. The number of carbonyl (C=O) groups is 1. The van der Waals surface area contributed by atoms with Gasteiger partial charge in [-0.25, -0.2) is 0 Å². The largest absolute Gasteiger partial charge is 0.467 e. The summed E-state index contributed by atoms with van der Waals surface area (Å²) in [7, 11) is 0. The van der Waals surface area contributed by atoms with Crippen LogP contribution in [-0.4, -0.2) is 41.8 Å². The fraction of sp³-hybridized carbons (Fsp3) is 0.471. The van der Waals surface area contributed by atoms with E-state index in [4.69, 9.17) is 4.42 Å². The van der Waals surface area contributed by atoms with Gasteiger partial charge in [-0.15, -0.1) is 5.10 Å². The van der Waals surface area contributed by atoms with Gasteiger partial charge in [0.25, 0.3) is 0 Å². The summed E-state index contributed by atoms with van der Waals surface area (Å²) in [5.74, 6) is 1.62. The Morgan fingerprint density at radius 1 is 1.46 bits per heavy atom. The van der Waals surface area contributed by atoms with Crippen LogP contribution in [0.5, 0.6) is 0 Å². The third-order valence-electron chi connectivity index (χ3n) is 4.24. The maximum absolute atomic E-state index is 12.0. The van der Waals surface area contributed by atoms with Gasteiger partial charge in [0.05, 0.1) is 18.8 Å². The standard InChI is InChI=1S/C17H23N5O2/c1-13(15-6-4-10-24-15)20-17(23)12-18-11-14-5-3-9-22(14)16-7-2-8-19-21-16/h2,4,6-8,10,13-14,18H,3,5,9,11-12H2,1H3,(H,20,23)/t13-,14-/m1/s1. The molecule has 7 nitrogen and oxygen atoms in total. The molecule has 2 N–H and O–H groups in total. The summed E-state index contributed by atoms with van der Waals surface area (Å²) in [5.41, 5.74) is 0. The lowest BCUT2D eigenvalue weighted by molar-refractivity contribution is -0.121. The highest BCUT2D eigenvalue weighted by Crippen LogP contribution is 2.22. The number of nitrogens with zero attached hydrogens (tertiary/aromatic N) is 3. The number of amides is 1. The molecule has 2 aromatic heterocycles. The Hall–Kier alpha value is -2.41. The van der Waals surface area contributed by atoms with Crippen LogP contribution in [0.2, 0.25) is 0 Å². The van der Waals surface area contributed by atoms with Crippen LogP contribution < -0.4 is 15.5 Å². The first-order valence-electron chi connectivity index (χ1n) is 8.32. The van der Waals surface area contributed by atoms with Crippen LogP contribution in [0.1, 0.15) is 31.6 Å². The van der Waals surface area contributed by atoms with E-state index in [1.54, 1.807) is 12.5 Å². The number of hydrogen-bond acceptors (Lipinski definition) is 6. The maximum atomic E-state index is 12.0. The lowest BCUT2D eigenvalue weighted by Gasteiger charge is -2.25. The fourth-order valence-electron chi connectivity index (χ4n) is 3.05. The maximum Gasteiger partial charge on any atom is 0.234 e. The van der Waals surface area contributed by atoms with Gasteiger partial charge in [0.2, 0.25) is 5.91 Å². The smallest absolute Gasteiger partial charge is 0.234 e. The molecule has 0 unspecified atom stereocenters. The van der Waals surface area contributed by atoms with Crippen LogP contribution in [0, 0.1) is 0 Å². The molecule has 2 atom stereocenters. The van der Waals surface area contributed by atoms with Crippen molar-refractivity contribution in [2.45, 2.75) is 31.8 Å². The summed E-state index contributed by atoms with van der Waals surface area (Å²) in [6, 6.07) is 7.76.